The molecule has 0 heteroatoms. The molecule has 19 heavy (non-hydrogen) atoms. The second-order valence-electron chi connectivity index (χ2n) is 5.63. The molecule has 1 rings (SSSR count). The number of benzene rings is 1. The molecule has 0 atom stereocenters. The zero-order chi connectivity index (χ0) is 13.8. The zero-order valence-corrected chi connectivity index (χ0v) is 12.8. The van der Waals surface area contributed by atoms with Gasteiger partial charge >= 0.3 is 0 Å². The minimum absolute atomic E-state index is 1.25. The quantitative estimate of drug-likeness (QED) is 0.414. The minimum Gasteiger partial charge on any atom is -0.0727 e. The normalized spacial score (nSPS) is 11.8. The molecule has 0 radical (unpaired) electrons. The Hall–Kier alpha value is -1.04. The van der Waals surface area contributed by atoms with Crippen LogP contribution in [0.1, 0.15) is 77.2 Å². The van der Waals surface area contributed by atoms with Gasteiger partial charge in [0, 0.05) is 0 Å². The van der Waals surface area contributed by atoms with E-state index in [9.17, 15) is 0 Å². The van der Waals surface area contributed by atoms with Crippen LogP contribution in [0.25, 0.3) is 6.08 Å². The van der Waals surface area contributed by atoms with Crippen molar-refractivity contribution < 1.29 is 0 Å². The smallest absolute Gasteiger partial charge is 0.0257 e. The van der Waals surface area contributed by atoms with Crippen LogP contribution in [-0.4, -0.2) is 0 Å². The van der Waals surface area contributed by atoms with E-state index in [-0.39, 0.29) is 0 Å². The third-order valence-corrected chi connectivity index (χ3v) is 3.64. The van der Waals surface area contributed by atoms with E-state index in [0.717, 1.165) is 0 Å². The SMILES string of the molecule is CCCCCCCCCCC(C)=Cc1ccccc1. The van der Waals surface area contributed by atoms with E-state index in [1.807, 2.05) is 0 Å². The summed E-state index contributed by atoms with van der Waals surface area (Å²) in [6.07, 6.45) is 14.8. The summed E-state index contributed by atoms with van der Waals surface area (Å²) < 4.78 is 0. The van der Waals surface area contributed by atoms with E-state index in [4.69, 9.17) is 0 Å². The highest BCUT2D eigenvalue weighted by molar-refractivity contribution is 5.51. The molecule has 0 aliphatic rings. The van der Waals surface area contributed by atoms with Gasteiger partial charge in [0.25, 0.3) is 0 Å². The van der Waals surface area contributed by atoms with Crippen molar-refractivity contribution in [2.45, 2.75) is 71.6 Å². The molecular formula is C19H30. The fraction of sp³-hybridized carbons (Fsp3) is 0.579. The Labute approximate surface area is 119 Å². The monoisotopic (exact) mass is 258 g/mol. The van der Waals surface area contributed by atoms with Crippen LogP contribution in [0.2, 0.25) is 0 Å². The van der Waals surface area contributed by atoms with Crippen molar-refractivity contribution in [1.29, 1.82) is 0 Å². The van der Waals surface area contributed by atoms with Gasteiger partial charge in [0.05, 0.1) is 0 Å². The summed E-state index contributed by atoms with van der Waals surface area (Å²) in [5, 5.41) is 0. The molecule has 0 N–H and O–H groups in total. The average Bonchev–Trinajstić information content (AvgIpc) is 2.43. The van der Waals surface area contributed by atoms with Gasteiger partial charge in [0.2, 0.25) is 0 Å². The molecule has 0 fully saturated rings. The fourth-order valence-electron chi connectivity index (χ4n) is 2.44. The van der Waals surface area contributed by atoms with Crippen LogP contribution in [0.4, 0.5) is 0 Å². The lowest BCUT2D eigenvalue weighted by atomic mass is 10.0. The molecular weight excluding hydrogens is 228 g/mol. The topological polar surface area (TPSA) is 0 Å². The van der Waals surface area contributed by atoms with Crippen LogP contribution in [0.5, 0.6) is 0 Å². The predicted molar refractivity (Wildman–Crippen MR) is 87.3 cm³/mol. The Kier molecular flexibility index (Phi) is 9.14. The second-order valence-corrected chi connectivity index (χ2v) is 5.63. The van der Waals surface area contributed by atoms with E-state index < -0.39 is 0 Å². The molecule has 0 heterocycles. The van der Waals surface area contributed by atoms with Crippen molar-refractivity contribution in [3.63, 3.8) is 0 Å². The lowest BCUT2D eigenvalue weighted by Gasteiger charge is -2.03. The fourth-order valence-corrected chi connectivity index (χ4v) is 2.44. The molecule has 1 aromatic carbocycles. The third-order valence-electron chi connectivity index (χ3n) is 3.64. The summed E-state index contributed by atoms with van der Waals surface area (Å²) in [5.74, 6) is 0. The van der Waals surface area contributed by atoms with Gasteiger partial charge in [-0.15, -0.1) is 0 Å². The average molecular weight is 258 g/mol. The Balaban J connectivity index is 2.04. The summed E-state index contributed by atoms with van der Waals surface area (Å²) in [5.41, 5.74) is 2.84. The van der Waals surface area contributed by atoms with E-state index in [1.54, 1.807) is 0 Å². The van der Waals surface area contributed by atoms with E-state index in [1.165, 1.54) is 68.9 Å². The van der Waals surface area contributed by atoms with Crippen molar-refractivity contribution in [2.24, 2.45) is 0 Å². The van der Waals surface area contributed by atoms with Crippen LogP contribution >= 0.6 is 0 Å². The van der Waals surface area contributed by atoms with Gasteiger partial charge in [-0.1, -0.05) is 93.9 Å². The molecule has 0 nitrogen and oxygen atoms in total. The first-order valence-corrected chi connectivity index (χ1v) is 8.05. The highest BCUT2D eigenvalue weighted by atomic mass is 14.0. The van der Waals surface area contributed by atoms with Crippen molar-refractivity contribution in [1.82, 2.24) is 0 Å². The second kappa shape index (κ2) is 10.8. The number of rotatable bonds is 10. The van der Waals surface area contributed by atoms with Gasteiger partial charge in [-0.05, 0) is 25.3 Å². The summed E-state index contributed by atoms with van der Waals surface area (Å²) in [6.45, 7) is 4.54. The molecule has 0 aliphatic carbocycles. The maximum atomic E-state index is 2.32. The summed E-state index contributed by atoms with van der Waals surface area (Å²) in [7, 11) is 0. The molecule has 0 aromatic heterocycles. The number of allylic oxidation sites excluding steroid dienone is 1. The lowest BCUT2D eigenvalue weighted by Crippen LogP contribution is -1.83. The van der Waals surface area contributed by atoms with E-state index in [2.05, 4.69) is 50.3 Å². The Morgan fingerprint density at radius 3 is 2.05 bits per heavy atom. The number of hydrogen-bond donors (Lipinski definition) is 0. The first-order valence-electron chi connectivity index (χ1n) is 8.05. The van der Waals surface area contributed by atoms with Crippen LogP contribution in [0, 0.1) is 0 Å². The summed E-state index contributed by atoms with van der Waals surface area (Å²) >= 11 is 0. The first-order chi connectivity index (χ1) is 9.33. The van der Waals surface area contributed by atoms with Gasteiger partial charge in [-0.2, -0.15) is 0 Å². The minimum atomic E-state index is 1.25. The highest BCUT2D eigenvalue weighted by Crippen LogP contribution is 2.15. The van der Waals surface area contributed by atoms with Crippen LogP contribution in [0.15, 0.2) is 35.9 Å². The largest absolute Gasteiger partial charge is 0.0727 e. The molecule has 0 saturated heterocycles. The van der Waals surface area contributed by atoms with Gasteiger partial charge in [0.1, 0.15) is 0 Å². The van der Waals surface area contributed by atoms with Crippen molar-refractivity contribution >= 4 is 6.08 Å². The van der Waals surface area contributed by atoms with Gasteiger partial charge in [-0.3, -0.25) is 0 Å². The van der Waals surface area contributed by atoms with Crippen molar-refractivity contribution in [3.8, 4) is 0 Å². The molecule has 0 unspecified atom stereocenters. The van der Waals surface area contributed by atoms with Crippen LogP contribution < -0.4 is 0 Å². The molecule has 0 aliphatic heterocycles. The molecule has 0 amide bonds. The lowest BCUT2D eigenvalue weighted by molar-refractivity contribution is 0.575. The van der Waals surface area contributed by atoms with Crippen molar-refractivity contribution in [2.75, 3.05) is 0 Å². The maximum absolute atomic E-state index is 2.32. The van der Waals surface area contributed by atoms with E-state index >= 15 is 0 Å². The van der Waals surface area contributed by atoms with Gasteiger partial charge in [-0.25, -0.2) is 0 Å². The van der Waals surface area contributed by atoms with Gasteiger partial charge < -0.3 is 0 Å². The van der Waals surface area contributed by atoms with E-state index in [0.29, 0.717) is 0 Å². The predicted octanol–water partition coefficient (Wildman–Crippen LogP) is 6.62. The standard InChI is InChI=1S/C19H30/c1-3-4-5-6-7-8-9-11-14-18(2)17-19-15-12-10-13-16-19/h10,12-13,15-17H,3-9,11,14H2,1-2H3. The molecule has 0 spiro atoms. The summed E-state index contributed by atoms with van der Waals surface area (Å²) in [4.78, 5) is 0. The maximum Gasteiger partial charge on any atom is -0.0257 e. The molecule has 0 saturated carbocycles. The number of hydrogen-bond acceptors (Lipinski definition) is 0. The highest BCUT2D eigenvalue weighted by Gasteiger charge is 1.94. The molecule has 0 bridgehead atoms. The zero-order valence-electron chi connectivity index (χ0n) is 12.8. The van der Waals surface area contributed by atoms with Crippen LogP contribution in [-0.2, 0) is 0 Å². The molecule has 1 aromatic rings. The Morgan fingerprint density at radius 2 is 1.42 bits per heavy atom. The van der Waals surface area contributed by atoms with Gasteiger partial charge in [0.15, 0.2) is 0 Å². The van der Waals surface area contributed by atoms with Crippen LogP contribution in [0.3, 0.4) is 0 Å². The summed E-state index contributed by atoms with van der Waals surface area (Å²) in [6, 6.07) is 10.6. The first kappa shape index (κ1) is 16.0. The van der Waals surface area contributed by atoms with Crippen molar-refractivity contribution in [3.05, 3.63) is 41.5 Å². The molecule has 106 valence electrons. The Bertz CT molecular complexity index is 334. The third kappa shape index (κ3) is 8.64. The Morgan fingerprint density at radius 1 is 0.842 bits per heavy atom. The number of unbranched alkanes of at least 4 members (excludes halogenated alkanes) is 7.